The molecule has 0 bridgehead atoms. The molecule has 0 aliphatic heterocycles. The smallest absolute Gasteiger partial charge is 0.311 e. The van der Waals surface area contributed by atoms with Gasteiger partial charge in [0.05, 0.1) is 10.8 Å². The molecule has 0 radical (unpaired) electrons. The van der Waals surface area contributed by atoms with Crippen molar-refractivity contribution in [3.8, 4) is 0 Å². The average molecular weight is 336 g/mol. The van der Waals surface area contributed by atoms with Crippen LogP contribution in [0.15, 0.2) is 0 Å². The number of hydrogen-bond donors (Lipinski definition) is 0. The Balaban J connectivity index is 4.53. The predicted octanol–water partition coefficient (Wildman–Crippen LogP) is 1.89. The van der Waals surface area contributed by atoms with E-state index in [1.54, 1.807) is 41.5 Å². The Hall–Kier alpha value is -0.950. The van der Waals surface area contributed by atoms with Gasteiger partial charge in [-0.05, 0) is 41.5 Å². The lowest BCUT2D eigenvalue weighted by molar-refractivity contribution is -0.163. The van der Waals surface area contributed by atoms with Crippen LogP contribution in [0.4, 0.5) is 0 Å². The minimum absolute atomic E-state index is 0.00912. The monoisotopic (exact) mass is 336 g/mol. The predicted molar refractivity (Wildman–Crippen MR) is 84.6 cm³/mol. The first kappa shape index (κ1) is 21.0. The molecule has 0 spiro atoms. The minimum atomic E-state index is -1.15. The lowest BCUT2D eigenvalue weighted by Gasteiger charge is -2.23. The fourth-order valence-electron chi connectivity index (χ4n) is 1.11. The summed E-state index contributed by atoms with van der Waals surface area (Å²) in [6, 6.07) is 0. The molecule has 0 aromatic carbocycles. The Morgan fingerprint density at radius 2 is 1.27 bits per heavy atom. The Labute approximate surface area is 135 Å². The van der Waals surface area contributed by atoms with Crippen LogP contribution in [0.5, 0.6) is 0 Å². The van der Waals surface area contributed by atoms with Gasteiger partial charge in [0, 0.05) is 17.1 Å². The van der Waals surface area contributed by atoms with Gasteiger partial charge in [-0.3, -0.25) is 13.8 Å². The first-order valence-electron chi connectivity index (χ1n) is 7.10. The molecule has 1 atom stereocenters. The maximum atomic E-state index is 11.8. The van der Waals surface area contributed by atoms with Gasteiger partial charge in [0.2, 0.25) is 0 Å². The third-order valence-electron chi connectivity index (χ3n) is 2.50. The van der Waals surface area contributed by atoms with Crippen LogP contribution in [-0.2, 0) is 34.6 Å². The van der Waals surface area contributed by atoms with Crippen molar-refractivity contribution in [1.82, 2.24) is 0 Å². The van der Waals surface area contributed by atoms with E-state index in [1.807, 2.05) is 0 Å². The highest BCUT2D eigenvalue weighted by atomic mass is 32.2. The van der Waals surface area contributed by atoms with Gasteiger partial charge in [-0.1, -0.05) is 0 Å². The zero-order valence-electron chi connectivity index (χ0n) is 14.6. The number of ether oxygens (including phenoxy) is 3. The van der Waals surface area contributed by atoms with E-state index in [2.05, 4.69) is 0 Å². The van der Waals surface area contributed by atoms with Gasteiger partial charge in [-0.15, -0.1) is 0 Å². The van der Waals surface area contributed by atoms with E-state index in [1.165, 1.54) is 6.26 Å². The second-order valence-electron chi connectivity index (χ2n) is 7.18. The molecule has 0 amide bonds. The molecule has 0 fully saturated rings. The van der Waals surface area contributed by atoms with Crippen molar-refractivity contribution in [2.24, 2.45) is 10.8 Å². The largest absolute Gasteiger partial charge is 0.462 e. The van der Waals surface area contributed by atoms with Gasteiger partial charge in [0.1, 0.15) is 25.3 Å². The zero-order chi connectivity index (χ0) is 17.6. The third kappa shape index (κ3) is 9.15. The highest BCUT2D eigenvalue weighted by molar-refractivity contribution is 7.84. The maximum Gasteiger partial charge on any atom is 0.311 e. The van der Waals surface area contributed by atoms with Crippen molar-refractivity contribution in [2.45, 2.75) is 47.6 Å². The second kappa shape index (κ2) is 8.62. The molecule has 0 rings (SSSR count). The van der Waals surface area contributed by atoms with Crippen LogP contribution < -0.4 is 0 Å². The molecule has 0 aromatic rings. The van der Waals surface area contributed by atoms with Crippen molar-refractivity contribution in [2.75, 3.05) is 25.4 Å². The second-order valence-corrected chi connectivity index (χ2v) is 8.56. The van der Waals surface area contributed by atoms with Gasteiger partial charge < -0.3 is 14.2 Å². The normalized spacial score (nSPS) is 13.8. The fraction of sp³-hybridized carbons (Fsp3) is 0.867. The molecule has 0 heterocycles. The third-order valence-corrected chi connectivity index (χ3v) is 2.96. The molecule has 1 unspecified atom stereocenters. The van der Waals surface area contributed by atoms with Gasteiger partial charge in [-0.25, -0.2) is 0 Å². The van der Waals surface area contributed by atoms with Gasteiger partial charge in [0.15, 0.2) is 0 Å². The van der Waals surface area contributed by atoms with E-state index in [-0.39, 0.29) is 31.1 Å². The fourth-order valence-corrected chi connectivity index (χ4v) is 1.49. The van der Waals surface area contributed by atoms with Crippen molar-refractivity contribution in [1.29, 1.82) is 0 Å². The number of rotatable bonds is 7. The molecule has 0 N–H and O–H groups in total. The van der Waals surface area contributed by atoms with Crippen LogP contribution in [0.2, 0.25) is 0 Å². The van der Waals surface area contributed by atoms with Crippen LogP contribution in [0, 0.1) is 10.8 Å². The Morgan fingerprint density at radius 3 is 1.55 bits per heavy atom. The Bertz CT molecular complexity index is 375. The zero-order valence-corrected chi connectivity index (χ0v) is 15.4. The highest BCUT2D eigenvalue weighted by Gasteiger charge is 2.27. The molecular formula is C15H28O6S. The van der Waals surface area contributed by atoms with Crippen LogP contribution >= 0.6 is 0 Å². The molecule has 0 aliphatic rings. The summed E-state index contributed by atoms with van der Waals surface area (Å²) in [5, 5.41) is 0. The summed E-state index contributed by atoms with van der Waals surface area (Å²) >= 11 is 0. The first-order valence-corrected chi connectivity index (χ1v) is 8.83. The van der Waals surface area contributed by atoms with Gasteiger partial charge >= 0.3 is 11.9 Å². The first-order chi connectivity index (χ1) is 9.84. The lowest BCUT2D eigenvalue weighted by atomic mass is 9.97. The van der Waals surface area contributed by atoms with Crippen LogP contribution in [-0.4, -0.2) is 47.7 Å². The summed E-state index contributed by atoms with van der Waals surface area (Å²) in [6.07, 6.45) is 0.862. The Kier molecular flexibility index (Phi) is 8.25. The highest BCUT2D eigenvalue weighted by Crippen LogP contribution is 2.17. The number of carbonyl (C=O) groups is 2. The molecule has 0 aliphatic carbocycles. The standard InChI is InChI=1S/C15H28O6S/c1-14(2,3)12(16)19-8-11(21-10-22(7)18)9-20-13(17)15(4,5)6/h11H,8-10H2,1-7H3. The molecule has 22 heavy (non-hydrogen) atoms. The SMILES string of the molecule is CS(=O)COC(COC(=O)C(C)(C)C)COC(=O)C(C)(C)C. The van der Waals surface area contributed by atoms with Crippen LogP contribution in [0.1, 0.15) is 41.5 Å². The van der Waals surface area contributed by atoms with Gasteiger partial charge in [0.25, 0.3) is 0 Å². The lowest BCUT2D eigenvalue weighted by Crippen LogP contribution is -2.34. The molecule has 0 aromatic heterocycles. The maximum absolute atomic E-state index is 11.8. The van der Waals surface area contributed by atoms with E-state index in [0.29, 0.717) is 0 Å². The summed E-state index contributed by atoms with van der Waals surface area (Å²) in [5.41, 5.74) is -1.25. The summed E-state index contributed by atoms with van der Waals surface area (Å²) in [6.45, 7) is 10.4. The molecule has 7 heteroatoms. The molecular weight excluding hydrogens is 308 g/mol. The summed E-state index contributed by atoms with van der Waals surface area (Å²) < 4.78 is 26.8. The average Bonchev–Trinajstić information content (AvgIpc) is 2.34. The van der Waals surface area contributed by atoms with Crippen molar-refractivity contribution >= 4 is 22.7 Å². The summed E-state index contributed by atoms with van der Waals surface area (Å²) in [7, 11) is -1.15. The molecule has 130 valence electrons. The van der Waals surface area contributed by atoms with Crippen molar-refractivity contribution in [3.05, 3.63) is 0 Å². The topological polar surface area (TPSA) is 78.9 Å². The van der Waals surface area contributed by atoms with E-state index < -0.39 is 27.7 Å². The quantitative estimate of drug-likeness (QED) is 0.661. The molecule has 0 saturated heterocycles. The number of carbonyl (C=O) groups excluding carboxylic acids is 2. The van der Waals surface area contributed by atoms with E-state index >= 15 is 0 Å². The molecule has 0 saturated carbocycles. The molecule has 6 nitrogen and oxygen atoms in total. The number of esters is 2. The summed E-state index contributed by atoms with van der Waals surface area (Å²) in [4.78, 5) is 23.5. The van der Waals surface area contributed by atoms with E-state index in [4.69, 9.17) is 14.2 Å². The van der Waals surface area contributed by atoms with E-state index in [0.717, 1.165) is 0 Å². The van der Waals surface area contributed by atoms with Crippen LogP contribution in [0.3, 0.4) is 0 Å². The van der Waals surface area contributed by atoms with Crippen molar-refractivity contribution < 1.29 is 28.0 Å². The van der Waals surface area contributed by atoms with Crippen molar-refractivity contribution in [3.63, 3.8) is 0 Å². The Morgan fingerprint density at radius 1 is 0.909 bits per heavy atom. The minimum Gasteiger partial charge on any atom is -0.462 e. The van der Waals surface area contributed by atoms with E-state index in [9.17, 15) is 13.8 Å². The number of hydrogen-bond acceptors (Lipinski definition) is 6. The van der Waals surface area contributed by atoms with Crippen LogP contribution in [0.25, 0.3) is 0 Å². The summed E-state index contributed by atoms with van der Waals surface area (Å²) in [5.74, 6) is -0.758. The van der Waals surface area contributed by atoms with Gasteiger partial charge in [-0.2, -0.15) is 0 Å².